The lowest BCUT2D eigenvalue weighted by Crippen LogP contribution is -2.47. The number of benzene rings is 1. The Labute approximate surface area is 107 Å². The highest BCUT2D eigenvalue weighted by atomic mass is 19.3. The van der Waals surface area contributed by atoms with Gasteiger partial charge in [-0.1, -0.05) is 18.2 Å². The molecule has 0 aliphatic carbocycles. The molecule has 0 heterocycles. The number of nitrogens with zero attached hydrogens (tertiary/aromatic N) is 1. The number of alkyl halides is 4. The molecule has 1 aromatic rings. The number of hydrogen-bond donors (Lipinski definition) is 0. The van der Waals surface area contributed by atoms with Gasteiger partial charge >= 0.3 is 12.3 Å². The van der Waals surface area contributed by atoms with Crippen molar-refractivity contribution in [3.05, 3.63) is 30.3 Å². The fraction of sp³-hybridized carbons (Fsp3) is 0.417. The van der Waals surface area contributed by atoms with Crippen molar-refractivity contribution < 1.29 is 27.1 Å². The number of ether oxygens (including phenoxy) is 1. The van der Waals surface area contributed by atoms with Gasteiger partial charge in [0.2, 0.25) is 0 Å². The van der Waals surface area contributed by atoms with Gasteiger partial charge in [0.25, 0.3) is 5.91 Å². The molecule has 0 aliphatic heterocycles. The van der Waals surface area contributed by atoms with Gasteiger partial charge in [0.15, 0.2) is 0 Å². The molecule has 0 spiro atoms. The zero-order valence-corrected chi connectivity index (χ0v) is 10.2. The van der Waals surface area contributed by atoms with E-state index in [-0.39, 0.29) is 13.2 Å². The summed E-state index contributed by atoms with van der Waals surface area (Å²) in [6.45, 7) is -0.276. The molecule has 0 saturated carbocycles. The first-order valence-corrected chi connectivity index (χ1v) is 5.45. The predicted octanol–water partition coefficient (Wildman–Crippen LogP) is 2.42. The van der Waals surface area contributed by atoms with Crippen molar-refractivity contribution in [3.8, 4) is 5.75 Å². The summed E-state index contributed by atoms with van der Waals surface area (Å²) in [5, 5.41) is 0. The highest BCUT2D eigenvalue weighted by molar-refractivity contribution is 5.83. The van der Waals surface area contributed by atoms with Crippen LogP contribution >= 0.6 is 0 Å². The van der Waals surface area contributed by atoms with Crippen molar-refractivity contribution in [1.29, 1.82) is 0 Å². The Morgan fingerprint density at radius 2 is 1.89 bits per heavy atom. The number of rotatable bonds is 6. The van der Waals surface area contributed by atoms with Crippen LogP contribution in [-0.2, 0) is 4.79 Å². The molecular formula is C12H13F4NO2. The first kappa shape index (κ1) is 15.3. The van der Waals surface area contributed by atoms with E-state index in [2.05, 4.69) is 0 Å². The van der Waals surface area contributed by atoms with Gasteiger partial charge in [-0.25, -0.2) is 8.78 Å². The summed E-state index contributed by atoms with van der Waals surface area (Å²) in [6.07, 6.45) is -4.02. The summed E-state index contributed by atoms with van der Waals surface area (Å²) in [5.74, 6) is -6.08. The maximum atomic E-state index is 12.8. The van der Waals surface area contributed by atoms with Crippen LogP contribution < -0.4 is 4.74 Å². The largest absolute Gasteiger partial charge is 0.492 e. The number of carbonyl (C=O) groups is 1. The summed E-state index contributed by atoms with van der Waals surface area (Å²) >= 11 is 0. The van der Waals surface area contributed by atoms with Gasteiger partial charge < -0.3 is 9.64 Å². The molecule has 1 rings (SSSR count). The van der Waals surface area contributed by atoms with Crippen LogP contribution in [-0.4, -0.2) is 43.4 Å². The van der Waals surface area contributed by atoms with E-state index >= 15 is 0 Å². The van der Waals surface area contributed by atoms with E-state index in [4.69, 9.17) is 4.74 Å². The fourth-order valence-electron chi connectivity index (χ4n) is 1.27. The number of hydrogen-bond acceptors (Lipinski definition) is 2. The normalized spacial score (nSPS) is 11.5. The lowest BCUT2D eigenvalue weighted by atomic mass is 10.3. The molecule has 0 atom stereocenters. The third-order valence-corrected chi connectivity index (χ3v) is 2.34. The van der Waals surface area contributed by atoms with Crippen LogP contribution in [0.3, 0.4) is 0 Å². The molecular weight excluding hydrogens is 266 g/mol. The van der Waals surface area contributed by atoms with Gasteiger partial charge in [-0.2, -0.15) is 8.78 Å². The number of halogens is 4. The molecule has 1 aromatic carbocycles. The molecule has 3 nitrogen and oxygen atoms in total. The lowest BCUT2D eigenvalue weighted by Gasteiger charge is -2.22. The smallest absolute Gasteiger partial charge is 0.383 e. The molecule has 0 fully saturated rings. The molecule has 7 heteroatoms. The Kier molecular flexibility index (Phi) is 5.14. The van der Waals surface area contributed by atoms with Crippen LogP contribution in [0.15, 0.2) is 30.3 Å². The van der Waals surface area contributed by atoms with Crippen LogP contribution in [0.5, 0.6) is 5.75 Å². The first-order valence-electron chi connectivity index (χ1n) is 5.45. The summed E-state index contributed by atoms with van der Waals surface area (Å²) in [5.41, 5.74) is 0. The lowest BCUT2D eigenvalue weighted by molar-refractivity contribution is -0.179. The molecule has 1 amide bonds. The second-order valence-electron chi connectivity index (χ2n) is 3.81. The maximum Gasteiger partial charge on any atom is 0.383 e. The van der Waals surface area contributed by atoms with E-state index in [1.807, 2.05) is 0 Å². The van der Waals surface area contributed by atoms with Crippen LogP contribution in [0.1, 0.15) is 0 Å². The maximum absolute atomic E-state index is 12.8. The Balaban J connectivity index is 2.43. The van der Waals surface area contributed by atoms with Gasteiger partial charge in [0, 0.05) is 7.05 Å². The van der Waals surface area contributed by atoms with Crippen LogP contribution in [0.2, 0.25) is 0 Å². The first-order chi connectivity index (χ1) is 8.85. The SMILES string of the molecule is CN(CCOc1ccccc1)C(=O)C(F)(F)C(F)F. The van der Waals surface area contributed by atoms with Crippen molar-refractivity contribution in [2.24, 2.45) is 0 Å². The van der Waals surface area contributed by atoms with Crippen LogP contribution in [0.4, 0.5) is 17.6 Å². The van der Waals surface area contributed by atoms with Crippen LogP contribution in [0.25, 0.3) is 0 Å². The van der Waals surface area contributed by atoms with Crippen molar-refractivity contribution >= 4 is 5.91 Å². The van der Waals surface area contributed by atoms with Crippen molar-refractivity contribution in [3.63, 3.8) is 0 Å². The third-order valence-electron chi connectivity index (χ3n) is 2.34. The molecule has 0 radical (unpaired) electrons. The average molecular weight is 279 g/mol. The Morgan fingerprint density at radius 3 is 2.42 bits per heavy atom. The molecule has 0 N–H and O–H groups in total. The second-order valence-corrected chi connectivity index (χ2v) is 3.81. The predicted molar refractivity (Wildman–Crippen MR) is 60.5 cm³/mol. The molecule has 106 valence electrons. The number of para-hydroxylation sites is 1. The van der Waals surface area contributed by atoms with Gasteiger partial charge in [-0.3, -0.25) is 4.79 Å². The molecule has 0 bridgehead atoms. The summed E-state index contributed by atoms with van der Waals surface area (Å²) in [4.78, 5) is 11.6. The zero-order valence-electron chi connectivity index (χ0n) is 10.2. The standard InChI is InChI=1S/C12H13F4NO2/c1-17(11(18)12(15,16)10(13)14)7-8-19-9-5-3-2-4-6-9/h2-6,10H,7-8H2,1H3. The minimum atomic E-state index is -4.67. The summed E-state index contributed by atoms with van der Waals surface area (Å²) < 4.78 is 54.7. The van der Waals surface area contributed by atoms with Crippen molar-refractivity contribution in [2.45, 2.75) is 12.3 Å². The minimum absolute atomic E-state index is 0.0639. The molecule has 0 aliphatic rings. The number of carbonyl (C=O) groups excluding carboxylic acids is 1. The average Bonchev–Trinajstić information content (AvgIpc) is 2.38. The highest BCUT2D eigenvalue weighted by Gasteiger charge is 2.50. The molecule has 0 aromatic heterocycles. The van der Waals surface area contributed by atoms with Crippen molar-refractivity contribution in [1.82, 2.24) is 4.90 Å². The molecule has 0 unspecified atom stereocenters. The van der Waals surface area contributed by atoms with E-state index in [1.165, 1.54) is 0 Å². The summed E-state index contributed by atoms with van der Waals surface area (Å²) in [6, 6.07) is 8.50. The highest BCUT2D eigenvalue weighted by Crippen LogP contribution is 2.24. The summed E-state index contributed by atoms with van der Waals surface area (Å²) in [7, 11) is 1.02. The quantitative estimate of drug-likeness (QED) is 0.748. The Hall–Kier alpha value is -1.79. The van der Waals surface area contributed by atoms with E-state index in [0.29, 0.717) is 10.6 Å². The van der Waals surface area contributed by atoms with Crippen molar-refractivity contribution in [2.75, 3.05) is 20.2 Å². The minimum Gasteiger partial charge on any atom is -0.492 e. The van der Waals surface area contributed by atoms with E-state index < -0.39 is 18.3 Å². The van der Waals surface area contributed by atoms with Gasteiger partial charge in [0.1, 0.15) is 12.4 Å². The van der Waals surface area contributed by atoms with E-state index in [1.54, 1.807) is 30.3 Å². The fourth-order valence-corrected chi connectivity index (χ4v) is 1.27. The zero-order chi connectivity index (χ0) is 14.5. The van der Waals surface area contributed by atoms with Gasteiger partial charge in [-0.15, -0.1) is 0 Å². The third kappa shape index (κ3) is 4.11. The number of likely N-dealkylation sites (N-methyl/N-ethyl adjacent to an activating group) is 1. The monoisotopic (exact) mass is 279 g/mol. The van der Waals surface area contributed by atoms with E-state index in [9.17, 15) is 22.4 Å². The second kappa shape index (κ2) is 6.40. The van der Waals surface area contributed by atoms with E-state index in [0.717, 1.165) is 7.05 Å². The molecule has 19 heavy (non-hydrogen) atoms. The molecule has 0 saturated heterocycles. The Bertz CT molecular complexity index is 411. The Morgan fingerprint density at radius 1 is 1.32 bits per heavy atom. The van der Waals surface area contributed by atoms with Gasteiger partial charge in [0.05, 0.1) is 6.54 Å². The van der Waals surface area contributed by atoms with Gasteiger partial charge in [-0.05, 0) is 12.1 Å². The number of amides is 1. The van der Waals surface area contributed by atoms with Crippen LogP contribution in [0, 0.1) is 0 Å². The topological polar surface area (TPSA) is 29.5 Å².